The number of benzene rings is 2. The number of anilines is 1. The maximum atomic E-state index is 13.7. The molecule has 0 radical (unpaired) electrons. The van der Waals surface area contributed by atoms with Gasteiger partial charge in [-0.15, -0.1) is 0 Å². The first kappa shape index (κ1) is 15.8. The predicted octanol–water partition coefficient (Wildman–Crippen LogP) is 3.10. The summed E-state index contributed by atoms with van der Waals surface area (Å²) in [4.78, 5) is -0.439. The van der Waals surface area contributed by atoms with Gasteiger partial charge in [0.2, 0.25) is 10.0 Å². The summed E-state index contributed by atoms with van der Waals surface area (Å²) in [6, 6.07) is 9.67. The first-order valence-corrected chi connectivity index (χ1v) is 7.98. The molecular weight excluding hydrogens is 315 g/mol. The van der Waals surface area contributed by atoms with E-state index in [4.69, 9.17) is 17.3 Å². The molecule has 3 N–H and O–H groups in total. The quantitative estimate of drug-likeness (QED) is 0.847. The van der Waals surface area contributed by atoms with Crippen molar-refractivity contribution in [2.45, 2.75) is 17.9 Å². The molecule has 0 spiro atoms. The SMILES string of the molecule is CC(NS(=O)(=O)c1ccc(N)cc1F)c1cccc(Cl)c1. The Bertz CT molecular complexity index is 765. The molecule has 0 aliphatic carbocycles. The van der Waals surface area contributed by atoms with Gasteiger partial charge in [-0.3, -0.25) is 0 Å². The molecular formula is C14H14ClFN2O2S. The minimum Gasteiger partial charge on any atom is -0.399 e. The Morgan fingerprint density at radius 2 is 1.95 bits per heavy atom. The van der Waals surface area contributed by atoms with E-state index >= 15 is 0 Å². The van der Waals surface area contributed by atoms with E-state index in [1.165, 1.54) is 6.07 Å². The van der Waals surface area contributed by atoms with Crippen LogP contribution < -0.4 is 10.5 Å². The van der Waals surface area contributed by atoms with Gasteiger partial charge >= 0.3 is 0 Å². The first-order chi connectivity index (χ1) is 9.79. The molecule has 0 bridgehead atoms. The Morgan fingerprint density at radius 3 is 2.57 bits per heavy atom. The maximum absolute atomic E-state index is 13.7. The van der Waals surface area contributed by atoms with Crippen molar-refractivity contribution in [1.82, 2.24) is 4.72 Å². The second-order valence-electron chi connectivity index (χ2n) is 4.59. The van der Waals surface area contributed by atoms with E-state index in [-0.39, 0.29) is 5.69 Å². The zero-order chi connectivity index (χ0) is 15.6. The van der Waals surface area contributed by atoms with E-state index in [9.17, 15) is 12.8 Å². The van der Waals surface area contributed by atoms with Crippen LogP contribution in [-0.4, -0.2) is 8.42 Å². The lowest BCUT2D eigenvalue weighted by Gasteiger charge is -2.15. The zero-order valence-electron chi connectivity index (χ0n) is 11.2. The molecule has 21 heavy (non-hydrogen) atoms. The Hall–Kier alpha value is -1.63. The van der Waals surface area contributed by atoms with Crippen LogP contribution in [0.3, 0.4) is 0 Å². The molecule has 0 saturated carbocycles. The molecule has 0 aliphatic heterocycles. The molecule has 2 aromatic carbocycles. The van der Waals surface area contributed by atoms with Gasteiger partial charge < -0.3 is 5.73 Å². The molecule has 112 valence electrons. The molecule has 2 aromatic rings. The van der Waals surface area contributed by atoms with Gasteiger partial charge in [0.15, 0.2) is 0 Å². The van der Waals surface area contributed by atoms with Crippen LogP contribution in [0.1, 0.15) is 18.5 Å². The Labute approximate surface area is 127 Å². The molecule has 1 atom stereocenters. The zero-order valence-corrected chi connectivity index (χ0v) is 12.7. The summed E-state index contributed by atoms with van der Waals surface area (Å²) >= 11 is 5.87. The van der Waals surface area contributed by atoms with E-state index in [0.29, 0.717) is 10.6 Å². The largest absolute Gasteiger partial charge is 0.399 e. The van der Waals surface area contributed by atoms with Crippen molar-refractivity contribution in [3.05, 3.63) is 58.9 Å². The summed E-state index contributed by atoms with van der Waals surface area (Å²) in [6.45, 7) is 1.65. The van der Waals surface area contributed by atoms with Gasteiger partial charge in [0, 0.05) is 16.8 Å². The second-order valence-corrected chi connectivity index (χ2v) is 6.71. The van der Waals surface area contributed by atoms with E-state index in [0.717, 1.165) is 12.1 Å². The van der Waals surface area contributed by atoms with Crippen LogP contribution in [0.4, 0.5) is 10.1 Å². The molecule has 1 unspecified atom stereocenters. The number of nitrogens with two attached hydrogens (primary N) is 1. The van der Waals surface area contributed by atoms with Crippen LogP contribution in [-0.2, 0) is 10.0 Å². The highest BCUT2D eigenvalue weighted by molar-refractivity contribution is 7.89. The Morgan fingerprint density at radius 1 is 1.24 bits per heavy atom. The van der Waals surface area contributed by atoms with Crippen LogP contribution in [0.2, 0.25) is 5.02 Å². The summed E-state index contributed by atoms with van der Waals surface area (Å²) in [5.74, 6) is -0.888. The van der Waals surface area contributed by atoms with Crippen LogP contribution in [0.25, 0.3) is 0 Å². The number of halogens is 2. The van der Waals surface area contributed by atoms with Gasteiger partial charge in [-0.05, 0) is 42.8 Å². The molecule has 2 rings (SSSR count). The second kappa shape index (κ2) is 6.01. The monoisotopic (exact) mass is 328 g/mol. The molecule has 7 heteroatoms. The Kier molecular flexibility index (Phi) is 4.51. The van der Waals surface area contributed by atoms with Crippen molar-refractivity contribution < 1.29 is 12.8 Å². The lowest BCUT2D eigenvalue weighted by atomic mass is 10.1. The first-order valence-electron chi connectivity index (χ1n) is 6.12. The minimum atomic E-state index is -3.99. The molecule has 0 fully saturated rings. The van der Waals surface area contributed by atoms with Gasteiger partial charge in [-0.1, -0.05) is 23.7 Å². The highest BCUT2D eigenvalue weighted by Crippen LogP contribution is 2.22. The van der Waals surface area contributed by atoms with Crippen molar-refractivity contribution >= 4 is 27.3 Å². The maximum Gasteiger partial charge on any atom is 0.244 e. The summed E-state index contributed by atoms with van der Waals surface area (Å²) in [5, 5.41) is 0.497. The lowest BCUT2D eigenvalue weighted by Crippen LogP contribution is -2.27. The average molecular weight is 329 g/mol. The van der Waals surface area contributed by atoms with Crippen molar-refractivity contribution in [3.8, 4) is 0 Å². The van der Waals surface area contributed by atoms with E-state index in [2.05, 4.69) is 4.72 Å². The Balaban J connectivity index is 2.29. The number of hydrogen-bond donors (Lipinski definition) is 2. The van der Waals surface area contributed by atoms with Gasteiger partial charge in [0.1, 0.15) is 10.7 Å². The number of nitrogens with one attached hydrogen (secondary N) is 1. The van der Waals surface area contributed by atoms with Gasteiger partial charge in [-0.25, -0.2) is 17.5 Å². The van der Waals surface area contributed by atoms with Crippen molar-refractivity contribution in [2.24, 2.45) is 0 Å². The lowest BCUT2D eigenvalue weighted by molar-refractivity contribution is 0.547. The third kappa shape index (κ3) is 3.72. The van der Waals surface area contributed by atoms with E-state index < -0.39 is 26.8 Å². The van der Waals surface area contributed by atoms with Crippen molar-refractivity contribution in [2.75, 3.05) is 5.73 Å². The molecule has 0 amide bonds. The molecule has 0 saturated heterocycles. The minimum absolute atomic E-state index is 0.161. The number of rotatable bonds is 4. The fourth-order valence-electron chi connectivity index (χ4n) is 1.88. The van der Waals surface area contributed by atoms with Gasteiger partial charge in [-0.2, -0.15) is 0 Å². The molecule has 0 aromatic heterocycles. The van der Waals surface area contributed by atoms with Gasteiger partial charge in [0.05, 0.1) is 0 Å². The normalized spacial score (nSPS) is 13.1. The molecule has 0 heterocycles. The van der Waals surface area contributed by atoms with Crippen LogP contribution in [0, 0.1) is 5.82 Å². The van der Waals surface area contributed by atoms with Crippen LogP contribution >= 0.6 is 11.6 Å². The third-order valence-electron chi connectivity index (χ3n) is 2.93. The number of hydrogen-bond acceptors (Lipinski definition) is 3. The number of sulfonamides is 1. The summed E-state index contributed by atoms with van der Waals surface area (Å²) in [7, 11) is -3.99. The topological polar surface area (TPSA) is 72.2 Å². The fraction of sp³-hybridized carbons (Fsp3) is 0.143. The summed E-state index contributed by atoms with van der Waals surface area (Å²) < 4.78 is 40.6. The predicted molar refractivity (Wildman–Crippen MR) is 81.0 cm³/mol. The highest BCUT2D eigenvalue weighted by atomic mass is 35.5. The number of nitrogen functional groups attached to an aromatic ring is 1. The molecule has 0 aliphatic rings. The highest BCUT2D eigenvalue weighted by Gasteiger charge is 2.22. The molecule has 4 nitrogen and oxygen atoms in total. The smallest absolute Gasteiger partial charge is 0.244 e. The van der Waals surface area contributed by atoms with E-state index in [1.807, 2.05) is 0 Å². The van der Waals surface area contributed by atoms with Gasteiger partial charge in [0.25, 0.3) is 0 Å². The summed E-state index contributed by atoms with van der Waals surface area (Å²) in [5.41, 5.74) is 6.25. The standard InChI is InChI=1S/C14H14ClFN2O2S/c1-9(10-3-2-4-11(15)7-10)18-21(19,20)14-6-5-12(17)8-13(14)16/h2-9,18H,17H2,1H3. The summed E-state index contributed by atoms with van der Waals surface area (Å²) in [6.07, 6.45) is 0. The van der Waals surface area contributed by atoms with Crippen molar-refractivity contribution in [1.29, 1.82) is 0 Å². The third-order valence-corrected chi connectivity index (χ3v) is 4.74. The van der Waals surface area contributed by atoms with Crippen molar-refractivity contribution in [3.63, 3.8) is 0 Å². The van der Waals surface area contributed by atoms with E-state index in [1.54, 1.807) is 31.2 Å². The average Bonchev–Trinajstić information content (AvgIpc) is 2.37. The van der Waals surface area contributed by atoms with Crippen LogP contribution in [0.15, 0.2) is 47.4 Å². The fourth-order valence-corrected chi connectivity index (χ4v) is 3.37. The van der Waals surface area contributed by atoms with Crippen LogP contribution in [0.5, 0.6) is 0 Å².